The molecule has 1 aromatic carbocycles. The number of fused-ring (bicyclic) bond motifs is 1. The Morgan fingerprint density at radius 3 is 2.88 bits per heavy atom. The topological polar surface area (TPSA) is 71.5 Å². The first-order chi connectivity index (χ1) is 11.9. The van der Waals surface area contributed by atoms with Crippen LogP contribution in [0, 0.1) is 0 Å². The summed E-state index contributed by atoms with van der Waals surface area (Å²) in [6.07, 6.45) is 3.34. The van der Waals surface area contributed by atoms with Gasteiger partial charge in [-0.25, -0.2) is 0 Å². The fourth-order valence-corrected chi connectivity index (χ4v) is 2.80. The first-order valence-corrected chi connectivity index (χ1v) is 8.25. The predicted molar refractivity (Wildman–Crippen MR) is 96.0 cm³/mol. The Kier molecular flexibility index (Phi) is 4.63. The van der Waals surface area contributed by atoms with Crippen molar-refractivity contribution in [1.29, 1.82) is 0 Å². The highest BCUT2D eigenvalue weighted by Crippen LogP contribution is 2.39. The van der Waals surface area contributed by atoms with Crippen LogP contribution in [0.15, 0.2) is 42.7 Å². The Morgan fingerprint density at radius 2 is 2.16 bits per heavy atom. The van der Waals surface area contributed by atoms with Crippen LogP contribution < -0.4 is 15.0 Å². The SMILES string of the molecule is CC1(C)Oc2ccc(Cl)cc2N(CCC(=O)Nc2cccnc2)C1=O. The second kappa shape index (κ2) is 6.72. The molecule has 1 N–H and O–H groups in total. The number of pyridine rings is 1. The minimum absolute atomic E-state index is 0.142. The second-order valence-corrected chi connectivity index (χ2v) is 6.66. The third-order valence-electron chi connectivity index (χ3n) is 3.84. The molecule has 0 unspecified atom stereocenters. The number of halogens is 1. The van der Waals surface area contributed by atoms with Crippen molar-refractivity contribution in [3.63, 3.8) is 0 Å². The van der Waals surface area contributed by atoms with E-state index in [1.165, 1.54) is 0 Å². The third kappa shape index (κ3) is 3.74. The smallest absolute Gasteiger partial charge is 0.270 e. The summed E-state index contributed by atoms with van der Waals surface area (Å²) < 4.78 is 5.76. The molecular weight excluding hydrogens is 342 g/mol. The summed E-state index contributed by atoms with van der Waals surface area (Å²) in [6, 6.07) is 8.60. The van der Waals surface area contributed by atoms with Crippen molar-refractivity contribution in [3.05, 3.63) is 47.7 Å². The third-order valence-corrected chi connectivity index (χ3v) is 4.08. The van der Waals surface area contributed by atoms with Gasteiger partial charge >= 0.3 is 0 Å². The number of carbonyl (C=O) groups is 2. The largest absolute Gasteiger partial charge is 0.476 e. The van der Waals surface area contributed by atoms with Crippen LogP contribution in [0.3, 0.4) is 0 Å². The molecule has 2 amide bonds. The van der Waals surface area contributed by atoms with E-state index < -0.39 is 5.60 Å². The van der Waals surface area contributed by atoms with Crippen molar-refractivity contribution in [2.45, 2.75) is 25.9 Å². The number of nitrogens with zero attached hydrogens (tertiary/aromatic N) is 2. The molecule has 6 nitrogen and oxygen atoms in total. The van der Waals surface area contributed by atoms with Crippen LogP contribution in [0.5, 0.6) is 5.75 Å². The number of benzene rings is 1. The molecule has 1 aliphatic rings. The monoisotopic (exact) mass is 359 g/mol. The molecule has 0 fully saturated rings. The first-order valence-electron chi connectivity index (χ1n) is 7.87. The van der Waals surface area contributed by atoms with Gasteiger partial charge in [-0.3, -0.25) is 14.6 Å². The van der Waals surface area contributed by atoms with Crippen molar-refractivity contribution in [2.75, 3.05) is 16.8 Å². The second-order valence-electron chi connectivity index (χ2n) is 6.22. The van der Waals surface area contributed by atoms with Crippen LogP contribution in [-0.4, -0.2) is 28.9 Å². The van der Waals surface area contributed by atoms with Crippen molar-refractivity contribution >= 4 is 34.8 Å². The maximum atomic E-state index is 12.7. The van der Waals surface area contributed by atoms with E-state index in [1.807, 2.05) is 0 Å². The minimum atomic E-state index is -0.999. The molecule has 1 aromatic heterocycles. The lowest BCUT2D eigenvalue weighted by atomic mass is 10.0. The predicted octanol–water partition coefficient (Wildman–Crippen LogP) is 3.27. The standard InChI is InChI=1S/C18H18ClN3O3/c1-18(2)17(24)22(14-10-12(19)5-6-15(14)25-18)9-7-16(23)21-13-4-3-8-20-11-13/h3-6,8,10-11H,7,9H2,1-2H3,(H,21,23). The number of ether oxygens (including phenoxy) is 1. The normalized spacial score (nSPS) is 15.3. The van der Waals surface area contributed by atoms with E-state index in [-0.39, 0.29) is 24.8 Å². The Labute approximate surface area is 150 Å². The molecule has 0 aliphatic carbocycles. The van der Waals surface area contributed by atoms with E-state index in [1.54, 1.807) is 61.5 Å². The number of aromatic nitrogens is 1. The van der Waals surface area contributed by atoms with Gasteiger partial charge in [-0.1, -0.05) is 11.6 Å². The summed E-state index contributed by atoms with van der Waals surface area (Å²) in [5.41, 5.74) is 0.191. The molecule has 0 radical (unpaired) electrons. The van der Waals surface area contributed by atoms with Gasteiger partial charge in [0.05, 0.1) is 17.6 Å². The number of anilines is 2. The summed E-state index contributed by atoms with van der Waals surface area (Å²) in [7, 11) is 0. The van der Waals surface area contributed by atoms with Gasteiger partial charge < -0.3 is 15.0 Å². The van der Waals surface area contributed by atoms with E-state index in [0.29, 0.717) is 22.1 Å². The molecule has 0 saturated carbocycles. The summed E-state index contributed by atoms with van der Waals surface area (Å²) in [5.74, 6) is 0.159. The minimum Gasteiger partial charge on any atom is -0.476 e. The molecule has 130 valence electrons. The quantitative estimate of drug-likeness (QED) is 0.909. The number of nitrogens with one attached hydrogen (secondary N) is 1. The van der Waals surface area contributed by atoms with E-state index in [9.17, 15) is 9.59 Å². The summed E-state index contributed by atoms with van der Waals surface area (Å²) in [5, 5.41) is 3.26. The fourth-order valence-electron chi connectivity index (χ4n) is 2.64. The Balaban J connectivity index is 1.75. The molecule has 1 aliphatic heterocycles. The number of hydrogen-bond donors (Lipinski definition) is 1. The van der Waals surface area contributed by atoms with Gasteiger partial charge in [-0.15, -0.1) is 0 Å². The van der Waals surface area contributed by atoms with Crippen molar-refractivity contribution in [3.8, 4) is 5.75 Å². The molecule has 2 heterocycles. The zero-order valence-corrected chi connectivity index (χ0v) is 14.7. The maximum Gasteiger partial charge on any atom is 0.270 e. The number of rotatable bonds is 4. The average Bonchev–Trinajstić information content (AvgIpc) is 2.57. The molecule has 0 spiro atoms. The van der Waals surface area contributed by atoms with Crippen LogP contribution in [0.4, 0.5) is 11.4 Å². The Hall–Kier alpha value is -2.60. The van der Waals surface area contributed by atoms with E-state index in [4.69, 9.17) is 16.3 Å². The fraction of sp³-hybridized carbons (Fsp3) is 0.278. The molecule has 3 rings (SSSR count). The van der Waals surface area contributed by atoms with Crippen molar-refractivity contribution in [2.24, 2.45) is 0 Å². The van der Waals surface area contributed by atoms with Gasteiger partial charge in [0, 0.05) is 24.2 Å². The van der Waals surface area contributed by atoms with Crippen molar-refractivity contribution < 1.29 is 14.3 Å². The van der Waals surface area contributed by atoms with E-state index >= 15 is 0 Å². The van der Waals surface area contributed by atoms with Gasteiger partial charge in [0.25, 0.3) is 5.91 Å². The number of amides is 2. The number of carbonyl (C=O) groups excluding carboxylic acids is 2. The Bertz CT molecular complexity index is 808. The van der Waals surface area contributed by atoms with Gasteiger partial charge in [0.2, 0.25) is 5.91 Å². The summed E-state index contributed by atoms with van der Waals surface area (Å²) >= 11 is 6.05. The van der Waals surface area contributed by atoms with Crippen LogP contribution in [0.25, 0.3) is 0 Å². The maximum absolute atomic E-state index is 12.7. The van der Waals surface area contributed by atoms with E-state index in [0.717, 1.165) is 0 Å². The highest BCUT2D eigenvalue weighted by molar-refractivity contribution is 6.31. The lowest BCUT2D eigenvalue weighted by Crippen LogP contribution is -2.53. The highest BCUT2D eigenvalue weighted by Gasteiger charge is 2.40. The van der Waals surface area contributed by atoms with Crippen LogP contribution in [0.2, 0.25) is 5.02 Å². The molecule has 0 saturated heterocycles. The van der Waals surface area contributed by atoms with E-state index in [2.05, 4.69) is 10.3 Å². The first kappa shape index (κ1) is 17.2. The van der Waals surface area contributed by atoms with Gasteiger partial charge in [0.15, 0.2) is 5.60 Å². The zero-order valence-electron chi connectivity index (χ0n) is 14.0. The zero-order chi connectivity index (χ0) is 18.0. The summed E-state index contributed by atoms with van der Waals surface area (Å²) in [4.78, 5) is 30.4. The molecule has 0 atom stereocenters. The van der Waals surface area contributed by atoms with Crippen LogP contribution in [0.1, 0.15) is 20.3 Å². The molecule has 0 bridgehead atoms. The van der Waals surface area contributed by atoms with Crippen LogP contribution in [-0.2, 0) is 9.59 Å². The Morgan fingerprint density at radius 1 is 1.36 bits per heavy atom. The van der Waals surface area contributed by atoms with Gasteiger partial charge in [0.1, 0.15) is 5.75 Å². The summed E-state index contributed by atoms with van der Waals surface area (Å²) in [6.45, 7) is 3.64. The molecule has 25 heavy (non-hydrogen) atoms. The lowest BCUT2D eigenvalue weighted by molar-refractivity contribution is -0.132. The van der Waals surface area contributed by atoms with Gasteiger partial charge in [-0.05, 0) is 44.2 Å². The molecular formula is C18H18ClN3O3. The van der Waals surface area contributed by atoms with Crippen molar-refractivity contribution in [1.82, 2.24) is 4.98 Å². The van der Waals surface area contributed by atoms with Gasteiger partial charge in [-0.2, -0.15) is 0 Å². The molecule has 7 heteroatoms. The molecule has 2 aromatic rings. The lowest BCUT2D eigenvalue weighted by Gasteiger charge is -2.38. The van der Waals surface area contributed by atoms with Crippen LogP contribution >= 0.6 is 11.6 Å². The number of hydrogen-bond acceptors (Lipinski definition) is 4. The average molecular weight is 360 g/mol. The highest BCUT2D eigenvalue weighted by atomic mass is 35.5.